The van der Waals surface area contributed by atoms with Gasteiger partial charge in [-0.1, -0.05) is 18.2 Å². The fourth-order valence-electron chi connectivity index (χ4n) is 4.75. The molecule has 5 rings (SSSR count). The summed E-state index contributed by atoms with van der Waals surface area (Å²) in [5, 5.41) is 10.6. The molecule has 1 fully saturated rings. The molecule has 0 saturated carbocycles. The molecule has 2 N–H and O–H groups in total. The van der Waals surface area contributed by atoms with Crippen LogP contribution in [0.2, 0.25) is 0 Å². The van der Waals surface area contributed by atoms with Crippen molar-refractivity contribution in [3.8, 4) is 5.75 Å². The number of amides is 1. The van der Waals surface area contributed by atoms with Crippen molar-refractivity contribution >= 4 is 28.3 Å². The van der Waals surface area contributed by atoms with Crippen molar-refractivity contribution in [3.63, 3.8) is 0 Å². The van der Waals surface area contributed by atoms with Crippen LogP contribution in [0.5, 0.6) is 5.75 Å². The summed E-state index contributed by atoms with van der Waals surface area (Å²) in [5.74, 6) is 0.0728. The Morgan fingerprint density at radius 1 is 1.06 bits per heavy atom. The number of nitrogens with one attached hydrogen (secondary N) is 1. The highest BCUT2D eigenvalue weighted by atomic mass is 16.4. The van der Waals surface area contributed by atoms with Crippen LogP contribution in [0, 0.1) is 0 Å². The number of aromatic hydroxyl groups is 1. The normalized spacial score (nSPS) is 17.0. The summed E-state index contributed by atoms with van der Waals surface area (Å²) < 4.78 is 5.47. The molecule has 3 heterocycles. The number of nitrogens with zero attached hydrogens (tertiary/aromatic N) is 2. The molecule has 0 unspecified atom stereocenters. The molecule has 0 radical (unpaired) electrons. The highest BCUT2D eigenvalue weighted by Gasteiger charge is 2.31. The third-order valence-corrected chi connectivity index (χ3v) is 6.34. The lowest BCUT2D eigenvalue weighted by molar-refractivity contribution is -0.892. The van der Waals surface area contributed by atoms with Gasteiger partial charge in [-0.05, 0) is 48.7 Å². The molecule has 0 aliphatic carbocycles. The van der Waals surface area contributed by atoms with Crippen molar-refractivity contribution < 1.29 is 19.2 Å². The number of hydrogen-bond donors (Lipinski definition) is 2. The van der Waals surface area contributed by atoms with Gasteiger partial charge in [0, 0.05) is 17.6 Å². The number of phenolic OH excluding ortho intramolecular Hbond substituents is 1. The Labute approximate surface area is 180 Å². The number of aryl methyl sites for hydroxylation is 1. The smallest absolute Gasteiger partial charge is 0.360 e. The largest absolute Gasteiger partial charge is 0.508 e. The summed E-state index contributed by atoms with van der Waals surface area (Å²) in [7, 11) is 0. The van der Waals surface area contributed by atoms with E-state index in [9.17, 15) is 14.7 Å². The molecule has 2 aliphatic heterocycles. The zero-order valence-electron chi connectivity index (χ0n) is 17.3. The van der Waals surface area contributed by atoms with E-state index in [-0.39, 0.29) is 11.7 Å². The highest BCUT2D eigenvalue weighted by molar-refractivity contribution is 5.98. The first kappa shape index (κ1) is 19.6. The number of phenols is 1. The average molecular weight is 420 g/mol. The van der Waals surface area contributed by atoms with Gasteiger partial charge in [0.1, 0.15) is 17.0 Å². The molecule has 7 heteroatoms. The van der Waals surface area contributed by atoms with E-state index in [1.165, 1.54) is 16.7 Å². The maximum atomic E-state index is 13.2. The molecule has 3 aromatic rings. The number of fused-ring (bicyclic) bond motifs is 3. The molecule has 31 heavy (non-hydrogen) atoms. The van der Waals surface area contributed by atoms with Gasteiger partial charge in [0.2, 0.25) is 0 Å². The zero-order chi connectivity index (χ0) is 21.4. The third-order valence-electron chi connectivity index (χ3n) is 6.34. The van der Waals surface area contributed by atoms with Gasteiger partial charge in [0.25, 0.3) is 5.91 Å². The summed E-state index contributed by atoms with van der Waals surface area (Å²) in [6.45, 7) is 4.43. The fourth-order valence-corrected chi connectivity index (χ4v) is 4.75. The van der Waals surface area contributed by atoms with Gasteiger partial charge in [0.15, 0.2) is 6.54 Å². The lowest BCUT2D eigenvalue weighted by Gasteiger charge is -2.35. The number of carbonyl (C=O) groups excluding carboxylic acids is 1. The molecule has 0 bridgehead atoms. The van der Waals surface area contributed by atoms with E-state index in [4.69, 9.17) is 4.42 Å². The summed E-state index contributed by atoms with van der Waals surface area (Å²) in [5.41, 5.74) is 2.32. The molecule has 1 aromatic heterocycles. The lowest BCUT2D eigenvalue weighted by atomic mass is 9.98. The second-order valence-electron chi connectivity index (χ2n) is 8.30. The average Bonchev–Trinajstić information content (AvgIpc) is 2.80. The van der Waals surface area contributed by atoms with Gasteiger partial charge < -0.3 is 24.2 Å². The van der Waals surface area contributed by atoms with Crippen LogP contribution in [0.3, 0.4) is 0 Å². The maximum absolute atomic E-state index is 13.2. The minimum atomic E-state index is -0.481. The van der Waals surface area contributed by atoms with Crippen LogP contribution < -0.4 is 20.3 Å². The molecule has 2 aliphatic rings. The standard InChI is InChI=1S/C24H25N3O4/c28-18-8-9-21-20(15-18)19-7-4-10-27(23(19)24(30)31-21)22(29)16-25-11-13-26(14-12-25)17-5-2-1-3-6-17/h1-3,5-6,8-9,15,28H,4,7,10-14,16H2/p+1. The Kier molecular flexibility index (Phi) is 5.11. The molecule has 0 atom stereocenters. The molecule has 7 nitrogen and oxygen atoms in total. The number of piperazine rings is 1. The van der Waals surface area contributed by atoms with Crippen molar-refractivity contribution in [2.24, 2.45) is 0 Å². The maximum Gasteiger partial charge on any atom is 0.360 e. The van der Waals surface area contributed by atoms with E-state index in [1.54, 1.807) is 17.0 Å². The first-order valence-corrected chi connectivity index (χ1v) is 10.8. The van der Waals surface area contributed by atoms with Crippen LogP contribution in [0.25, 0.3) is 11.0 Å². The van der Waals surface area contributed by atoms with Gasteiger partial charge in [-0.25, -0.2) is 4.79 Å². The predicted molar refractivity (Wildman–Crippen MR) is 119 cm³/mol. The van der Waals surface area contributed by atoms with E-state index in [1.807, 2.05) is 18.2 Å². The van der Waals surface area contributed by atoms with Crippen molar-refractivity contribution in [1.29, 1.82) is 0 Å². The first-order valence-electron chi connectivity index (χ1n) is 10.8. The van der Waals surface area contributed by atoms with Gasteiger partial charge in [0.05, 0.1) is 26.2 Å². The molecule has 1 saturated heterocycles. The lowest BCUT2D eigenvalue weighted by Crippen LogP contribution is -3.16. The highest BCUT2D eigenvalue weighted by Crippen LogP contribution is 2.32. The van der Waals surface area contributed by atoms with E-state index >= 15 is 0 Å². The summed E-state index contributed by atoms with van der Waals surface area (Å²) in [6, 6.07) is 15.0. The Bertz CT molecular complexity index is 1170. The van der Waals surface area contributed by atoms with Crippen LogP contribution in [0.1, 0.15) is 12.0 Å². The van der Waals surface area contributed by atoms with E-state index in [0.29, 0.717) is 36.2 Å². The topological polar surface area (TPSA) is 78.4 Å². The van der Waals surface area contributed by atoms with E-state index in [2.05, 4.69) is 17.0 Å². The number of hydrogen-bond acceptors (Lipinski definition) is 5. The third kappa shape index (κ3) is 3.77. The first-order chi connectivity index (χ1) is 15.1. The fraction of sp³-hybridized carbons (Fsp3) is 0.333. The number of carbonyl (C=O) groups is 1. The van der Waals surface area contributed by atoms with Crippen LogP contribution in [-0.4, -0.2) is 50.3 Å². The second kappa shape index (κ2) is 8.07. The zero-order valence-corrected chi connectivity index (χ0v) is 17.3. The number of rotatable bonds is 3. The molecule has 2 aromatic carbocycles. The minimum absolute atomic E-state index is 0.0454. The molecule has 1 amide bonds. The van der Waals surface area contributed by atoms with Gasteiger partial charge >= 0.3 is 5.63 Å². The molecular formula is C24H26N3O4+. The van der Waals surface area contributed by atoms with Crippen LogP contribution in [0.4, 0.5) is 11.4 Å². The minimum Gasteiger partial charge on any atom is -0.508 e. The van der Waals surface area contributed by atoms with Crippen molar-refractivity contribution in [1.82, 2.24) is 0 Å². The van der Waals surface area contributed by atoms with Crippen molar-refractivity contribution in [3.05, 3.63) is 64.5 Å². The summed E-state index contributed by atoms with van der Waals surface area (Å²) in [6.07, 6.45) is 1.47. The predicted octanol–water partition coefficient (Wildman–Crippen LogP) is 1.18. The number of benzene rings is 2. The van der Waals surface area contributed by atoms with Gasteiger partial charge in [-0.3, -0.25) is 4.79 Å². The SMILES string of the molecule is O=C(C[NH+]1CCN(c2ccccc2)CC1)N1CCCc2c1c(=O)oc1ccc(O)cc21. The second-order valence-corrected chi connectivity index (χ2v) is 8.30. The number of anilines is 2. The van der Waals surface area contributed by atoms with E-state index < -0.39 is 5.63 Å². The Hall–Kier alpha value is -3.32. The monoisotopic (exact) mass is 420 g/mol. The Balaban J connectivity index is 1.33. The summed E-state index contributed by atoms with van der Waals surface area (Å²) in [4.78, 5) is 31.1. The Morgan fingerprint density at radius 3 is 2.61 bits per heavy atom. The van der Waals surface area contributed by atoms with Crippen molar-refractivity contribution in [2.45, 2.75) is 12.8 Å². The van der Waals surface area contributed by atoms with E-state index in [0.717, 1.165) is 38.2 Å². The number of para-hydroxylation sites is 1. The Morgan fingerprint density at radius 2 is 1.84 bits per heavy atom. The molecular weight excluding hydrogens is 394 g/mol. The van der Waals surface area contributed by atoms with Gasteiger partial charge in [-0.15, -0.1) is 0 Å². The quantitative estimate of drug-likeness (QED) is 0.623. The van der Waals surface area contributed by atoms with Crippen LogP contribution in [0.15, 0.2) is 57.7 Å². The van der Waals surface area contributed by atoms with Crippen LogP contribution >= 0.6 is 0 Å². The molecule has 0 spiro atoms. The van der Waals surface area contributed by atoms with Crippen LogP contribution in [-0.2, 0) is 11.2 Å². The van der Waals surface area contributed by atoms with Crippen molar-refractivity contribution in [2.75, 3.05) is 49.1 Å². The van der Waals surface area contributed by atoms with Gasteiger partial charge in [-0.2, -0.15) is 0 Å². The number of quaternary nitrogens is 1. The molecule has 160 valence electrons. The summed E-state index contributed by atoms with van der Waals surface area (Å²) >= 11 is 0.